The normalized spacial score (nSPS) is 14.1. The van der Waals surface area contributed by atoms with Crippen LogP contribution in [0.4, 0.5) is 0 Å². The fourth-order valence-corrected chi connectivity index (χ4v) is 2.11. The van der Waals surface area contributed by atoms with E-state index in [-0.39, 0.29) is 6.10 Å². The third-order valence-corrected chi connectivity index (χ3v) is 3.34. The molecule has 2 aromatic rings. The van der Waals surface area contributed by atoms with E-state index in [1.54, 1.807) is 12.4 Å². The molecule has 0 saturated carbocycles. The Bertz CT molecular complexity index is 574. The van der Waals surface area contributed by atoms with Crippen LogP contribution in [0, 0.1) is 6.92 Å². The molecule has 0 saturated heterocycles. The molecular weight excluding hydrogens is 248 g/mol. The summed E-state index contributed by atoms with van der Waals surface area (Å²) in [6, 6.07) is 10.2. The highest BCUT2D eigenvalue weighted by Crippen LogP contribution is 2.28. The van der Waals surface area contributed by atoms with Crippen molar-refractivity contribution in [1.82, 2.24) is 4.98 Å². The molecule has 20 heavy (non-hydrogen) atoms. The fraction of sp³-hybridized carbons (Fsp3) is 0.353. The van der Waals surface area contributed by atoms with Gasteiger partial charge in [0.2, 0.25) is 0 Å². The zero-order valence-corrected chi connectivity index (χ0v) is 12.6. The van der Waals surface area contributed by atoms with Gasteiger partial charge in [0.15, 0.2) is 0 Å². The lowest BCUT2D eigenvalue weighted by Crippen LogP contribution is -2.34. The van der Waals surface area contributed by atoms with Crippen LogP contribution in [-0.4, -0.2) is 11.1 Å². The summed E-state index contributed by atoms with van der Waals surface area (Å²) in [6.07, 6.45) is 3.64. The fourth-order valence-electron chi connectivity index (χ4n) is 2.11. The largest absolute Gasteiger partial charge is 0.489 e. The Hall–Kier alpha value is -1.87. The minimum absolute atomic E-state index is 0.121. The van der Waals surface area contributed by atoms with Crippen molar-refractivity contribution in [1.29, 1.82) is 0 Å². The molecule has 1 unspecified atom stereocenters. The second-order valence-corrected chi connectivity index (χ2v) is 5.64. The Balaban J connectivity index is 2.35. The number of hydrogen-bond donors (Lipinski definition) is 1. The first-order chi connectivity index (χ1) is 9.39. The lowest BCUT2D eigenvalue weighted by molar-refractivity contribution is 0.241. The number of hydrogen-bond acceptors (Lipinski definition) is 3. The first-order valence-corrected chi connectivity index (χ1v) is 6.88. The molecule has 2 rings (SSSR count). The van der Waals surface area contributed by atoms with Gasteiger partial charge in [0, 0.05) is 6.20 Å². The molecule has 3 nitrogen and oxygen atoms in total. The van der Waals surface area contributed by atoms with Gasteiger partial charge in [-0.2, -0.15) is 0 Å². The molecule has 1 aromatic carbocycles. The third kappa shape index (κ3) is 3.17. The highest BCUT2D eigenvalue weighted by molar-refractivity contribution is 5.39. The minimum Gasteiger partial charge on any atom is -0.489 e. The molecule has 1 aromatic heterocycles. The molecule has 0 fully saturated rings. The summed E-state index contributed by atoms with van der Waals surface area (Å²) >= 11 is 0. The van der Waals surface area contributed by atoms with E-state index in [1.165, 1.54) is 5.56 Å². The Labute approximate surface area is 120 Å². The van der Waals surface area contributed by atoms with Gasteiger partial charge in [-0.05, 0) is 44.9 Å². The van der Waals surface area contributed by atoms with Gasteiger partial charge in [0.1, 0.15) is 5.75 Å². The van der Waals surface area contributed by atoms with E-state index in [4.69, 9.17) is 10.5 Å². The van der Waals surface area contributed by atoms with E-state index in [9.17, 15) is 0 Å². The number of aryl methyl sites for hydroxylation is 1. The standard InChI is InChI=1S/C17H22N2O/c1-12(2)20-16-9-15(10-19-11-16)17(4,18)14-7-5-13(3)6-8-14/h5-12H,18H2,1-4H3. The first-order valence-electron chi connectivity index (χ1n) is 6.88. The summed E-state index contributed by atoms with van der Waals surface area (Å²) in [6.45, 7) is 8.05. The maximum absolute atomic E-state index is 6.51. The van der Waals surface area contributed by atoms with Crippen molar-refractivity contribution < 1.29 is 4.74 Å². The average Bonchev–Trinajstić information content (AvgIpc) is 2.39. The van der Waals surface area contributed by atoms with Gasteiger partial charge in [-0.1, -0.05) is 29.8 Å². The van der Waals surface area contributed by atoms with Gasteiger partial charge in [-0.15, -0.1) is 0 Å². The van der Waals surface area contributed by atoms with Crippen molar-refractivity contribution in [3.8, 4) is 5.75 Å². The van der Waals surface area contributed by atoms with Gasteiger partial charge in [0.05, 0.1) is 17.8 Å². The summed E-state index contributed by atoms with van der Waals surface area (Å²) in [7, 11) is 0. The summed E-state index contributed by atoms with van der Waals surface area (Å²) < 4.78 is 5.69. The Morgan fingerprint density at radius 1 is 1.10 bits per heavy atom. The van der Waals surface area contributed by atoms with Crippen LogP contribution in [0.2, 0.25) is 0 Å². The number of rotatable bonds is 4. The van der Waals surface area contributed by atoms with E-state index >= 15 is 0 Å². The molecule has 2 N–H and O–H groups in total. The number of nitrogens with two attached hydrogens (primary N) is 1. The molecule has 0 aliphatic carbocycles. The topological polar surface area (TPSA) is 48.1 Å². The lowest BCUT2D eigenvalue weighted by atomic mass is 9.86. The van der Waals surface area contributed by atoms with Crippen LogP contribution in [0.5, 0.6) is 5.75 Å². The number of benzene rings is 1. The molecule has 1 heterocycles. The maximum Gasteiger partial charge on any atom is 0.138 e. The van der Waals surface area contributed by atoms with Gasteiger partial charge < -0.3 is 10.5 Å². The van der Waals surface area contributed by atoms with Crippen molar-refractivity contribution in [3.63, 3.8) is 0 Å². The monoisotopic (exact) mass is 270 g/mol. The van der Waals surface area contributed by atoms with Gasteiger partial charge in [0.25, 0.3) is 0 Å². The van der Waals surface area contributed by atoms with E-state index in [2.05, 4.69) is 36.2 Å². The van der Waals surface area contributed by atoms with Crippen LogP contribution >= 0.6 is 0 Å². The Kier molecular flexibility index (Phi) is 4.09. The van der Waals surface area contributed by atoms with Gasteiger partial charge in [-0.25, -0.2) is 0 Å². The Morgan fingerprint density at radius 3 is 2.35 bits per heavy atom. The van der Waals surface area contributed by atoms with Crippen LogP contribution in [0.15, 0.2) is 42.7 Å². The Morgan fingerprint density at radius 2 is 1.75 bits per heavy atom. The quantitative estimate of drug-likeness (QED) is 0.926. The van der Waals surface area contributed by atoms with Crippen LogP contribution < -0.4 is 10.5 Å². The number of aromatic nitrogens is 1. The molecule has 0 spiro atoms. The zero-order valence-electron chi connectivity index (χ0n) is 12.6. The molecule has 0 radical (unpaired) electrons. The predicted molar refractivity (Wildman–Crippen MR) is 81.8 cm³/mol. The van der Waals surface area contributed by atoms with Crippen LogP contribution in [0.25, 0.3) is 0 Å². The second-order valence-electron chi connectivity index (χ2n) is 5.64. The molecular formula is C17H22N2O. The number of ether oxygens (including phenoxy) is 1. The molecule has 0 aliphatic rings. The predicted octanol–water partition coefficient (Wildman–Crippen LogP) is 3.40. The van der Waals surface area contributed by atoms with Gasteiger partial charge in [-0.3, -0.25) is 4.98 Å². The van der Waals surface area contributed by atoms with Crippen molar-refractivity contribution >= 4 is 0 Å². The molecule has 3 heteroatoms. The molecule has 0 amide bonds. The highest BCUT2D eigenvalue weighted by Gasteiger charge is 2.24. The summed E-state index contributed by atoms with van der Waals surface area (Å²) in [5, 5.41) is 0. The van der Waals surface area contributed by atoms with E-state index in [0.29, 0.717) is 0 Å². The van der Waals surface area contributed by atoms with E-state index in [1.807, 2.05) is 26.8 Å². The van der Waals surface area contributed by atoms with Crippen LogP contribution in [0.1, 0.15) is 37.5 Å². The van der Waals surface area contributed by atoms with E-state index < -0.39 is 5.54 Å². The summed E-state index contributed by atoms with van der Waals surface area (Å²) in [5.41, 5.74) is 9.15. The molecule has 0 bridgehead atoms. The highest BCUT2D eigenvalue weighted by atomic mass is 16.5. The van der Waals surface area contributed by atoms with Crippen LogP contribution in [0.3, 0.4) is 0 Å². The smallest absolute Gasteiger partial charge is 0.138 e. The second kappa shape index (κ2) is 5.63. The minimum atomic E-state index is -0.586. The summed E-state index contributed by atoms with van der Waals surface area (Å²) in [4.78, 5) is 4.24. The first kappa shape index (κ1) is 14.5. The van der Waals surface area contributed by atoms with E-state index in [0.717, 1.165) is 16.9 Å². The lowest BCUT2D eigenvalue weighted by Gasteiger charge is -2.26. The maximum atomic E-state index is 6.51. The van der Waals surface area contributed by atoms with Crippen molar-refractivity contribution in [2.75, 3.05) is 0 Å². The average molecular weight is 270 g/mol. The summed E-state index contributed by atoms with van der Waals surface area (Å²) in [5.74, 6) is 0.751. The molecule has 0 aliphatic heterocycles. The SMILES string of the molecule is Cc1ccc(C(C)(N)c2cncc(OC(C)C)c2)cc1. The third-order valence-electron chi connectivity index (χ3n) is 3.34. The molecule has 1 atom stereocenters. The number of pyridine rings is 1. The van der Waals surface area contributed by atoms with Crippen molar-refractivity contribution in [3.05, 3.63) is 59.4 Å². The van der Waals surface area contributed by atoms with Gasteiger partial charge >= 0.3 is 0 Å². The van der Waals surface area contributed by atoms with Crippen molar-refractivity contribution in [2.45, 2.75) is 39.3 Å². The van der Waals surface area contributed by atoms with Crippen LogP contribution in [-0.2, 0) is 5.54 Å². The van der Waals surface area contributed by atoms with Crippen molar-refractivity contribution in [2.24, 2.45) is 5.73 Å². The molecule has 106 valence electrons. The number of nitrogens with zero attached hydrogens (tertiary/aromatic N) is 1. The zero-order chi connectivity index (χ0) is 14.8.